The van der Waals surface area contributed by atoms with Crippen molar-refractivity contribution in [3.8, 4) is 5.75 Å². The van der Waals surface area contributed by atoms with Gasteiger partial charge in [0, 0.05) is 34.1 Å². The monoisotopic (exact) mass is 492 g/mol. The average Bonchev–Trinajstić information content (AvgIpc) is 3.21. The van der Waals surface area contributed by atoms with E-state index in [1.54, 1.807) is 7.11 Å². The Kier molecular flexibility index (Phi) is 6.54. The molecule has 2 heterocycles. The molecule has 1 aromatic heterocycles. The Morgan fingerprint density at radius 2 is 1.94 bits per heavy atom. The standard InChI is InChI=1S/C29H33ClN2O3/c1-17(2)22-11-5-18(3)15-26(22)35-29(33)32-14-13-23-24-16-20(30)8-12-25(24)31-27(23)28(32)19-6-9-21(34-4)10-7-19/h6-10,12,16,18,22,26,28,31H,1,5,11,13-15H2,2-4H3/t18-,22+,26-,28?/m0/s1. The SMILES string of the molecule is C=C(C)[C@H]1CC[C@H](C)C[C@@H]1OC(=O)N1CCc2c([nH]c3ccc(Cl)cc23)C1c1ccc(OC)cc1. The summed E-state index contributed by atoms with van der Waals surface area (Å²) >= 11 is 6.32. The summed E-state index contributed by atoms with van der Waals surface area (Å²) in [4.78, 5) is 19.2. The molecule has 1 N–H and O–H groups in total. The summed E-state index contributed by atoms with van der Waals surface area (Å²) in [5.41, 5.74) is 5.35. The zero-order valence-electron chi connectivity index (χ0n) is 20.6. The fraction of sp³-hybridized carbons (Fsp3) is 0.414. The Hall–Kier alpha value is -2.92. The lowest BCUT2D eigenvalue weighted by atomic mass is 9.78. The van der Waals surface area contributed by atoms with Crippen LogP contribution in [0, 0.1) is 11.8 Å². The third-order valence-electron chi connectivity index (χ3n) is 7.69. The lowest BCUT2D eigenvalue weighted by Gasteiger charge is -2.39. The van der Waals surface area contributed by atoms with Crippen LogP contribution in [0.3, 0.4) is 0 Å². The highest BCUT2D eigenvalue weighted by atomic mass is 35.5. The minimum atomic E-state index is -0.285. The first kappa shape index (κ1) is 23.8. The Morgan fingerprint density at radius 3 is 2.66 bits per heavy atom. The lowest BCUT2D eigenvalue weighted by Crippen LogP contribution is -2.44. The van der Waals surface area contributed by atoms with Gasteiger partial charge >= 0.3 is 6.09 Å². The summed E-state index contributed by atoms with van der Waals surface area (Å²) < 4.78 is 11.6. The van der Waals surface area contributed by atoms with Gasteiger partial charge in [-0.1, -0.05) is 42.8 Å². The van der Waals surface area contributed by atoms with Crippen LogP contribution in [0.4, 0.5) is 4.79 Å². The van der Waals surface area contributed by atoms with Crippen LogP contribution in [-0.2, 0) is 11.2 Å². The maximum atomic E-state index is 13.7. The van der Waals surface area contributed by atoms with E-state index in [-0.39, 0.29) is 24.2 Å². The summed E-state index contributed by atoms with van der Waals surface area (Å²) in [5.74, 6) is 1.53. The molecule has 184 valence electrons. The quantitative estimate of drug-likeness (QED) is 0.389. The molecule has 5 rings (SSSR count). The second-order valence-electron chi connectivity index (χ2n) is 10.1. The highest BCUT2D eigenvalue weighted by molar-refractivity contribution is 6.31. The van der Waals surface area contributed by atoms with Crippen LogP contribution in [0.15, 0.2) is 54.6 Å². The van der Waals surface area contributed by atoms with Crippen LogP contribution in [0.25, 0.3) is 10.9 Å². The van der Waals surface area contributed by atoms with Crippen molar-refractivity contribution in [1.29, 1.82) is 0 Å². The zero-order valence-corrected chi connectivity index (χ0v) is 21.4. The molecular formula is C29H33ClN2O3. The van der Waals surface area contributed by atoms with Crippen LogP contribution in [0.1, 0.15) is 56.0 Å². The molecule has 2 aromatic carbocycles. The van der Waals surface area contributed by atoms with Crippen LogP contribution < -0.4 is 4.74 Å². The number of nitrogens with one attached hydrogen (secondary N) is 1. The van der Waals surface area contributed by atoms with Gasteiger partial charge in [0.2, 0.25) is 0 Å². The normalized spacial score (nSPS) is 24.2. The average molecular weight is 493 g/mol. The van der Waals surface area contributed by atoms with Gasteiger partial charge in [0.25, 0.3) is 0 Å². The third kappa shape index (κ3) is 4.54. The van der Waals surface area contributed by atoms with Gasteiger partial charge in [-0.25, -0.2) is 4.79 Å². The third-order valence-corrected chi connectivity index (χ3v) is 7.93. The fourth-order valence-corrected chi connectivity index (χ4v) is 5.98. The molecule has 1 saturated carbocycles. The molecule has 0 radical (unpaired) electrons. The Morgan fingerprint density at radius 1 is 1.17 bits per heavy atom. The van der Waals surface area contributed by atoms with E-state index in [9.17, 15) is 4.79 Å². The van der Waals surface area contributed by atoms with Crippen molar-refractivity contribution in [3.63, 3.8) is 0 Å². The molecular weight excluding hydrogens is 460 g/mol. The van der Waals surface area contributed by atoms with Gasteiger partial charge in [-0.05, 0) is 80.0 Å². The summed E-state index contributed by atoms with van der Waals surface area (Å²) in [6, 6.07) is 13.5. The van der Waals surface area contributed by atoms with Crippen molar-refractivity contribution in [2.24, 2.45) is 11.8 Å². The van der Waals surface area contributed by atoms with Crippen LogP contribution >= 0.6 is 11.6 Å². The summed E-state index contributed by atoms with van der Waals surface area (Å²) in [6.45, 7) is 9.03. The predicted octanol–water partition coefficient (Wildman–Crippen LogP) is 7.29. The minimum absolute atomic E-state index is 0.136. The molecule has 5 nitrogen and oxygen atoms in total. The van der Waals surface area contributed by atoms with E-state index in [0.717, 1.165) is 59.2 Å². The fourth-order valence-electron chi connectivity index (χ4n) is 5.81. The molecule has 4 atom stereocenters. The number of aromatic amines is 1. The van der Waals surface area contributed by atoms with E-state index in [1.165, 1.54) is 5.56 Å². The number of methoxy groups -OCH3 is 1. The number of benzene rings is 2. The number of carbonyl (C=O) groups excluding carboxylic acids is 1. The number of halogens is 1. The number of carbonyl (C=O) groups is 1. The smallest absolute Gasteiger partial charge is 0.410 e. The number of hydrogen-bond acceptors (Lipinski definition) is 3. The van der Waals surface area contributed by atoms with Crippen LogP contribution in [-0.4, -0.2) is 35.7 Å². The van der Waals surface area contributed by atoms with Crippen molar-refractivity contribution >= 4 is 28.6 Å². The predicted molar refractivity (Wildman–Crippen MR) is 140 cm³/mol. The lowest BCUT2D eigenvalue weighted by molar-refractivity contribution is 0.00769. The van der Waals surface area contributed by atoms with Crippen molar-refractivity contribution in [3.05, 3.63) is 76.5 Å². The highest BCUT2D eigenvalue weighted by Gasteiger charge is 2.38. The Balaban J connectivity index is 1.52. The van der Waals surface area contributed by atoms with E-state index < -0.39 is 0 Å². The summed E-state index contributed by atoms with van der Waals surface area (Å²) in [7, 11) is 1.65. The Labute approximate surface area is 212 Å². The molecule has 1 aliphatic heterocycles. The summed E-state index contributed by atoms with van der Waals surface area (Å²) in [6.07, 6.45) is 3.37. The maximum Gasteiger partial charge on any atom is 0.410 e. The second-order valence-corrected chi connectivity index (χ2v) is 10.6. The first-order chi connectivity index (χ1) is 16.9. The largest absolute Gasteiger partial charge is 0.497 e. The molecule has 0 bridgehead atoms. The molecule has 1 amide bonds. The molecule has 1 aliphatic carbocycles. The van der Waals surface area contributed by atoms with E-state index in [1.807, 2.05) is 54.3 Å². The summed E-state index contributed by atoms with van der Waals surface area (Å²) in [5, 5.41) is 1.82. The van der Waals surface area contributed by atoms with E-state index >= 15 is 0 Å². The van der Waals surface area contributed by atoms with Crippen molar-refractivity contribution in [1.82, 2.24) is 9.88 Å². The number of rotatable bonds is 4. The van der Waals surface area contributed by atoms with Crippen LogP contribution in [0.2, 0.25) is 5.02 Å². The number of H-pyrrole nitrogens is 1. The maximum absolute atomic E-state index is 13.7. The number of fused-ring (bicyclic) bond motifs is 3. The van der Waals surface area contributed by atoms with E-state index in [4.69, 9.17) is 21.1 Å². The van der Waals surface area contributed by atoms with E-state index in [0.29, 0.717) is 17.5 Å². The molecule has 2 aliphatic rings. The molecule has 1 unspecified atom stereocenters. The van der Waals surface area contributed by atoms with Crippen molar-refractivity contribution < 1.29 is 14.3 Å². The minimum Gasteiger partial charge on any atom is -0.497 e. The number of aromatic nitrogens is 1. The van der Waals surface area contributed by atoms with E-state index in [2.05, 4.69) is 18.5 Å². The van der Waals surface area contributed by atoms with Gasteiger partial charge in [0.05, 0.1) is 7.11 Å². The topological polar surface area (TPSA) is 54.6 Å². The first-order valence-electron chi connectivity index (χ1n) is 12.4. The first-order valence-corrected chi connectivity index (χ1v) is 12.8. The van der Waals surface area contributed by atoms with Gasteiger partial charge in [-0.3, -0.25) is 4.90 Å². The highest BCUT2D eigenvalue weighted by Crippen LogP contribution is 2.41. The van der Waals surface area contributed by atoms with Gasteiger partial charge in [-0.15, -0.1) is 0 Å². The number of nitrogens with zero attached hydrogens (tertiary/aromatic N) is 1. The Bertz CT molecular complexity index is 1250. The molecule has 0 spiro atoms. The zero-order chi connectivity index (χ0) is 24.7. The molecule has 35 heavy (non-hydrogen) atoms. The second kappa shape index (κ2) is 9.62. The van der Waals surface area contributed by atoms with Gasteiger partial charge in [0.1, 0.15) is 17.9 Å². The van der Waals surface area contributed by atoms with Gasteiger partial charge in [-0.2, -0.15) is 0 Å². The molecule has 0 saturated heterocycles. The number of ether oxygens (including phenoxy) is 2. The molecule has 6 heteroatoms. The van der Waals surface area contributed by atoms with Crippen LogP contribution in [0.5, 0.6) is 5.75 Å². The van der Waals surface area contributed by atoms with Gasteiger partial charge in [0.15, 0.2) is 0 Å². The van der Waals surface area contributed by atoms with Crippen molar-refractivity contribution in [2.75, 3.05) is 13.7 Å². The van der Waals surface area contributed by atoms with Gasteiger partial charge < -0.3 is 14.5 Å². The molecule has 1 fully saturated rings. The molecule has 3 aromatic rings. The number of hydrogen-bond donors (Lipinski definition) is 1. The van der Waals surface area contributed by atoms with Crippen molar-refractivity contribution in [2.45, 2.75) is 51.7 Å². The number of amides is 1.